The number of nitrogens with zero attached hydrogens (tertiary/aromatic N) is 4. The molecule has 0 amide bonds. The zero-order valence-electron chi connectivity index (χ0n) is 26.0. The van der Waals surface area contributed by atoms with E-state index in [4.69, 9.17) is 25.0 Å². The summed E-state index contributed by atoms with van der Waals surface area (Å²) >= 11 is 0. The molecule has 0 saturated heterocycles. The number of hydrogen-bond acceptors (Lipinski definition) is 10. The molecule has 2 atom stereocenters. The van der Waals surface area contributed by atoms with Gasteiger partial charge >= 0.3 is 21.2 Å². The molecule has 13 nitrogen and oxygen atoms in total. The SMILES string of the molecule is CCCCCCCC/C=C\CCCCCCCCOCCc1nc2c(N)nc([P+](=O)[O-])nc2n1C[C@@H](CO)OCP(=O)(O)O. The van der Waals surface area contributed by atoms with Crippen molar-refractivity contribution in [3.05, 3.63) is 18.0 Å². The lowest BCUT2D eigenvalue weighted by Crippen LogP contribution is -2.26. The summed E-state index contributed by atoms with van der Waals surface area (Å²) in [5.74, 6) is 0.324. The number of ether oxygens (including phenoxy) is 2. The van der Waals surface area contributed by atoms with Gasteiger partial charge in [0.05, 0.1) is 25.9 Å². The maximum atomic E-state index is 11.5. The van der Waals surface area contributed by atoms with Crippen LogP contribution in [0.25, 0.3) is 11.2 Å². The molecule has 0 spiro atoms. The zero-order chi connectivity index (χ0) is 32.2. The van der Waals surface area contributed by atoms with E-state index in [9.17, 15) is 19.1 Å². The summed E-state index contributed by atoms with van der Waals surface area (Å²) in [4.78, 5) is 42.1. The van der Waals surface area contributed by atoms with E-state index in [0.29, 0.717) is 25.5 Å². The summed E-state index contributed by atoms with van der Waals surface area (Å²) in [5, 5.41) is 9.73. The molecule has 15 heteroatoms. The van der Waals surface area contributed by atoms with E-state index in [2.05, 4.69) is 34.0 Å². The predicted molar refractivity (Wildman–Crippen MR) is 170 cm³/mol. The second-order valence-corrected chi connectivity index (χ2v) is 13.5. The Kier molecular flexibility index (Phi) is 19.0. The van der Waals surface area contributed by atoms with Crippen LogP contribution >= 0.6 is 15.6 Å². The Morgan fingerprint density at radius 3 is 2.16 bits per heavy atom. The quantitative estimate of drug-likeness (QED) is 0.0636. The Bertz CT molecular complexity index is 1190. The predicted octanol–water partition coefficient (Wildman–Crippen LogP) is 4.25. The van der Waals surface area contributed by atoms with Crippen LogP contribution in [-0.4, -0.2) is 66.7 Å². The van der Waals surface area contributed by atoms with Crippen LogP contribution in [0.4, 0.5) is 5.82 Å². The van der Waals surface area contributed by atoms with Crippen molar-refractivity contribution < 1.29 is 38.4 Å². The molecule has 2 aromatic heterocycles. The molecule has 1 unspecified atom stereocenters. The Morgan fingerprint density at radius 2 is 1.57 bits per heavy atom. The maximum absolute atomic E-state index is 11.5. The zero-order valence-corrected chi connectivity index (χ0v) is 27.8. The minimum absolute atomic E-state index is 0.0945. The fraction of sp³-hybridized carbons (Fsp3) is 0.759. The van der Waals surface area contributed by atoms with Crippen LogP contribution in [0.2, 0.25) is 0 Å². The molecule has 5 N–H and O–H groups in total. The van der Waals surface area contributed by atoms with Gasteiger partial charge in [-0.1, -0.05) is 81.4 Å². The molecular weight excluding hydrogens is 608 g/mol. The number of allylic oxidation sites excluding steroid dienone is 2. The van der Waals surface area contributed by atoms with Gasteiger partial charge in [-0.2, -0.15) is 9.97 Å². The Labute approximate surface area is 261 Å². The molecule has 2 aromatic rings. The standard InChI is InChI=1S/C29H51N5O8P2/c1-2-3-4-5-6-7-8-9-10-11-12-13-14-15-16-17-19-41-20-18-25-31-26-27(30)32-29(43(36)37)33-28(26)34(25)21-24(22-35)42-23-44(38,39)40/h9-10,24,35H,2-8,11-23H2,1H3,(H2,30,32,33)(H2,38,39,40)/b10-9-/t24-/m0/s1. The molecule has 0 saturated carbocycles. The van der Waals surface area contributed by atoms with Gasteiger partial charge < -0.3 is 39.6 Å². The fourth-order valence-corrected chi connectivity index (χ4v) is 5.58. The number of hydrogen-bond donors (Lipinski definition) is 4. The van der Waals surface area contributed by atoms with Crippen molar-refractivity contribution in [3.8, 4) is 0 Å². The first kappa shape index (κ1) is 38.4. The van der Waals surface area contributed by atoms with E-state index in [1.165, 1.54) is 75.2 Å². The van der Waals surface area contributed by atoms with Crippen molar-refractivity contribution in [1.29, 1.82) is 0 Å². The summed E-state index contributed by atoms with van der Waals surface area (Å²) in [6, 6.07) is 0. The van der Waals surface area contributed by atoms with Crippen molar-refractivity contribution in [2.75, 3.05) is 31.9 Å². The maximum Gasteiger partial charge on any atom is 0.391 e. The summed E-state index contributed by atoms with van der Waals surface area (Å²) in [7, 11) is -7.59. The Morgan fingerprint density at radius 1 is 0.955 bits per heavy atom. The minimum atomic E-state index is -4.47. The second-order valence-electron chi connectivity index (χ2n) is 11.0. The third kappa shape index (κ3) is 15.5. The molecule has 44 heavy (non-hydrogen) atoms. The highest BCUT2D eigenvalue weighted by molar-refractivity contribution is 7.51. The first-order valence-electron chi connectivity index (χ1n) is 15.8. The first-order chi connectivity index (χ1) is 21.2. The third-order valence-corrected chi connectivity index (χ3v) is 8.20. The number of rotatable bonds is 26. The number of unbranched alkanes of at least 4 members (excludes halogenated alkanes) is 12. The van der Waals surface area contributed by atoms with Crippen LogP contribution in [0, 0.1) is 0 Å². The molecule has 2 rings (SSSR count). The van der Waals surface area contributed by atoms with Gasteiger partial charge in [0.2, 0.25) is 0 Å². The molecule has 0 aromatic carbocycles. The highest BCUT2D eigenvalue weighted by Crippen LogP contribution is 2.34. The van der Waals surface area contributed by atoms with Crippen LogP contribution < -0.4 is 16.2 Å². The number of nitrogen functional groups attached to an aromatic ring is 1. The Balaban J connectivity index is 1.73. The van der Waals surface area contributed by atoms with E-state index >= 15 is 0 Å². The number of imidazole rings is 1. The topological polar surface area (TPSA) is 206 Å². The van der Waals surface area contributed by atoms with Gasteiger partial charge in [0.15, 0.2) is 17.0 Å². The van der Waals surface area contributed by atoms with Gasteiger partial charge in [-0.25, -0.2) is 4.98 Å². The minimum Gasteiger partial charge on any atom is -0.588 e. The number of nitrogens with two attached hydrogens (primary N) is 1. The normalized spacial score (nSPS) is 13.3. The van der Waals surface area contributed by atoms with Gasteiger partial charge in [0.25, 0.3) is 0 Å². The number of aromatic nitrogens is 4. The van der Waals surface area contributed by atoms with E-state index in [1.54, 1.807) is 0 Å². The molecular formula is C29H51N5O8P2. The van der Waals surface area contributed by atoms with Crippen molar-refractivity contribution in [2.45, 2.75) is 116 Å². The third-order valence-electron chi connectivity index (χ3n) is 7.19. The van der Waals surface area contributed by atoms with Crippen LogP contribution in [0.5, 0.6) is 0 Å². The highest BCUT2D eigenvalue weighted by atomic mass is 31.2. The lowest BCUT2D eigenvalue weighted by atomic mass is 10.1. The van der Waals surface area contributed by atoms with Crippen molar-refractivity contribution in [1.82, 2.24) is 19.5 Å². The highest BCUT2D eigenvalue weighted by Gasteiger charge is 2.24. The molecule has 0 radical (unpaired) electrons. The Hall–Kier alpha value is -1.82. The molecule has 0 aliphatic heterocycles. The van der Waals surface area contributed by atoms with E-state index in [0.717, 1.165) is 19.3 Å². The molecule has 0 aliphatic carbocycles. The average molecular weight is 660 g/mol. The molecule has 0 bridgehead atoms. The van der Waals surface area contributed by atoms with Crippen LogP contribution in [0.15, 0.2) is 12.2 Å². The molecule has 0 fully saturated rings. The van der Waals surface area contributed by atoms with Gasteiger partial charge in [-0.3, -0.25) is 4.57 Å². The number of anilines is 1. The smallest absolute Gasteiger partial charge is 0.391 e. The van der Waals surface area contributed by atoms with Gasteiger partial charge in [0.1, 0.15) is 12.2 Å². The summed E-state index contributed by atoms with van der Waals surface area (Å²) < 4.78 is 35.3. The van der Waals surface area contributed by atoms with Gasteiger partial charge in [-0.15, -0.1) is 0 Å². The summed E-state index contributed by atoms with van der Waals surface area (Å²) in [6.45, 7) is 2.53. The van der Waals surface area contributed by atoms with Crippen molar-refractivity contribution in [2.24, 2.45) is 0 Å². The molecule has 2 heterocycles. The number of fused-ring (bicyclic) bond motifs is 1. The monoisotopic (exact) mass is 659 g/mol. The molecule has 0 aliphatic rings. The number of aliphatic hydroxyl groups is 1. The molecule has 250 valence electrons. The van der Waals surface area contributed by atoms with Gasteiger partial charge in [-0.05, 0) is 32.1 Å². The van der Waals surface area contributed by atoms with Crippen molar-refractivity contribution >= 4 is 38.2 Å². The lowest BCUT2D eigenvalue weighted by molar-refractivity contribution is -0.161. The lowest BCUT2D eigenvalue weighted by Gasteiger charge is -2.18. The fourth-order valence-electron chi connectivity index (χ4n) is 4.81. The summed E-state index contributed by atoms with van der Waals surface area (Å²) in [5.41, 5.74) is 5.77. The van der Waals surface area contributed by atoms with Crippen molar-refractivity contribution in [3.63, 3.8) is 0 Å². The first-order valence-corrected chi connectivity index (χ1v) is 18.8. The van der Waals surface area contributed by atoms with E-state index in [-0.39, 0.29) is 23.5 Å². The van der Waals surface area contributed by atoms with Gasteiger partial charge in [0, 0.05) is 13.0 Å². The largest absolute Gasteiger partial charge is 0.588 e. The average Bonchev–Trinajstić information content (AvgIpc) is 3.33. The van der Waals surface area contributed by atoms with Crippen LogP contribution in [0.3, 0.4) is 0 Å². The van der Waals surface area contributed by atoms with E-state index < -0.39 is 40.2 Å². The van der Waals surface area contributed by atoms with Crippen LogP contribution in [-0.2, 0) is 31.6 Å². The summed E-state index contributed by atoms with van der Waals surface area (Å²) in [6.07, 6.45) is 20.4. The second kappa shape index (κ2) is 21.8. The number of aliphatic hydroxyl groups excluding tert-OH is 1. The van der Waals surface area contributed by atoms with Crippen LogP contribution in [0.1, 0.15) is 103 Å². The van der Waals surface area contributed by atoms with E-state index in [1.807, 2.05) is 0 Å².